The van der Waals surface area contributed by atoms with Crippen molar-refractivity contribution in [2.45, 2.75) is 32.4 Å². The zero-order chi connectivity index (χ0) is 14.8. The standard InChI is InChI=1S/C14H21N5OS/c1-10(20)16-11-3-5-18(6-4-11)13-12(9-15-2)19-7-8-21-14(19)17-13/h7-8,11,15H,3-6,9H2,1-2H3,(H,16,20). The van der Waals surface area contributed by atoms with Crippen LogP contribution in [0.1, 0.15) is 25.5 Å². The van der Waals surface area contributed by atoms with Gasteiger partial charge in [-0.3, -0.25) is 9.20 Å². The average Bonchev–Trinajstić information content (AvgIpc) is 3.02. The van der Waals surface area contributed by atoms with Gasteiger partial charge in [0, 0.05) is 44.2 Å². The van der Waals surface area contributed by atoms with Crippen LogP contribution in [-0.2, 0) is 11.3 Å². The molecule has 3 rings (SSSR count). The summed E-state index contributed by atoms with van der Waals surface area (Å²) >= 11 is 1.66. The molecule has 1 saturated heterocycles. The van der Waals surface area contributed by atoms with E-state index in [1.807, 2.05) is 7.05 Å². The minimum Gasteiger partial charge on any atom is -0.355 e. The van der Waals surface area contributed by atoms with Crippen LogP contribution in [0.4, 0.5) is 5.82 Å². The Kier molecular flexibility index (Phi) is 4.12. The highest BCUT2D eigenvalue weighted by atomic mass is 32.1. The van der Waals surface area contributed by atoms with E-state index in [-0.39, 0.29) is 5.91 Å². The third-order valence-corrected chi connectivity index (χ3v) is 4.64. The Bertz CT molecular complexity index is 626. The van der Waals surface area contributed by atoms with E-state index >= 15 is 0 Å². The minimum absolute atomic E-state index is 0.0619. The number of imidazole rings is 1. The first-order valence-electron chi connectivity index (χ1n) is 7.30. The van der Waals surface area contributed by atoms with E-state index in [2.05, 4.69) is 31.5 Å². The molecule has 2 aromatic heterocycles. The van der Waals surface area contributed by atoms with Crippen LogP contribution in [-0.4, -0.2) is 41.5 Å². The van der Waals surface area contributed by atoms with E-state index < -0.39 is 0 Å². The molecule has 2 N–H and O–H groups in total. The van der Waals surface area contributed by atoms with Gasteiger partial charge in [-0.2, -0.15) is 0 Å². The molecule has 0 saturated carbocycles. The number of amides is 1. The second-order valence-corrected chi connectivity index (χ2v) is 6.30. The van der Waals surface area contributed by atoms with Crippen LogP contribution in [0.15, 0.2) is 11.6 Å². The van der Waals surface area contributed by atoms with Crippen molar-refractivity contribution >= 4 is 28.0 Å². The molecule has 21 heavy (non-hydrogen) atoms. The molecule has 1 amide bonds. The molecular weight excluding hydrogens is 286 g/mol. The van der Waals surface area contributed by atoms with Crippen LogP contribution in [0.2, 0.25) is 0 Å². The minimum atomic E-state index is 0.0619. The molecule has 2 aromatic rings. The second kappa shape index (κ2) is 6.03. The molecule has 0 radical (unpaired) electrons. The first-order valence-corrected chi connectivity index (χ1v) is 8.18. The van der Waals surface area contributed by atoms with Gasteiger partial charge in [-0.15, -0.1) is 11.3 Å². The van der Waals surface area contributed by atoms with Gasteiger partial charge in [-0.1, -0.05) is 0 Å². The lowest BCUT2D eigenvalue weighted by Gasteiger charge is -2.33. The number of hydrogen-bond acceptors (Lipinski definition) is 5. The Labute approximate surface area is 128 Å². The van der Waals surface area contributed by atoms with Gasteiger partial charge in [-0.25, -0.2) is 4.98 Å². The molecule has 0 spiro atoms. The smallest absolute Gasteiger partial charge is 0.217 e. The van der Waals surface area contributed by atoms with Crippen LogP contribution < -0.4 is 15.5 Å². The Balaban J connectivity index is 1.77. The van der Waals surface area contributed by atoms with E-state index in [4.69, 9.17) is 4.98 Å². The number of nitrogens with zero attached hydrogens (tertiary/aromatic N) is 3. The lowest BCUT2D eigenvalue weighted by atomic mass is 10.0. The van der Waals surface area contributed by atoms with Gasteiger partial charge in [0.1, 0.15) is 0 Å². The number of aromatic nitrogens is 2. The normalized spacial score (nSPS) is 16.6. The van der Waals surface area contributed by atoms with Crippen molar-refractivity contribution in [3.05, 3.63) is 17.3 Å². The lowest BCUT2D eigenvalue weighted by molar-refractivity contribution is -0.119. The predicted molar refractivity (Wildman–Crippen MR) is 84.9 cm³/mol. The zero-order valence-corrected chi connectivity index (χ0v) is 13.2. The van der Waals surface area contributed by atoms with Gasteiger partial charge < -0.3 is 15.5 Å². The number of piperidine rings is 1. The van der Waals surface area contributed by atoms with Gasteiger partial charge in [0.25, 0.3) is 0 Å². The van der Waals surface area contributed by atoms with Crippen LogP contribution >= 0.6 is 11.3 Å². The van der Waals surface area contributed by atoms with E-state index in [1.54, 1.807) is 18.3 Å². The van der Waals surface area contributed by atoms with Crippen molar-refractivity contribution in [1.82, 2.24) is 20.0 Å². The van der Waals surface area contributed by atoms with Crippen molar-refractivity contribution in [1.29, 1.82) is 0 Å². The maximum absolute atomic E-state index is 11.1. The summed E-state index contributed by atoms with van der Waals surface area (Å²) in [7, 11) is 1.96. The van der Waals surface area contributed by atoms with E-state index in [9.17, 15) is 4.79 Å². The number of rotatable bonds is 4. The third-order valence-electron chi connectivity index (χ3n) is 3.89. The average molecular weight is 307 g/mol. The molecule has 1 fully saturated rings. The molecule has 1 aliphatic rings. The molecule has 0 unspecified atom stereocenters. The Morgan fingerprint density at radius 2 is 2.24 bits per heavy atom. The lowest BCUT2D eigenvalue weighted by Crippen LogP contribution is -2.44. The number of fused-ring (bicyclic) bond motifs is 1. The Morgan fingerprint density at radius 3 is 2.90 bits per heavy atom. The first kappa shape index (κ1) is 14.3. The monoisotopic (exact) mass is 307 g/mol. The summed E-state index contributed by atoms with van der Waals surface area (Å²) in [6.45, 7) is 4.26. The third kappa shape index (κ3) is 2.89. The predicted octanol–water partition coefficient (Wildman–Crippen LogP) is 1.22. The van der Waals surface area contributed by atoms with Crippen molar-refractivity contribution in [3.63, 3.8) is 0 Å². The summed E-state index contributed by atoms with van der Waals surface area (Å²) in [4.78, 5) is 19.3. The van der Waals surface area contributed by atoms with Crippen LogP contribution in [0, 0.1) is 0 Å². The molecule has 0 atom stereocenters. The fourth-order valence-electron chi connectivity index (χ4n) is 2.93. The summed E-state index contributed by atoms with van der Waals surface area (Å²) in [6.07, 6.45) is 4.03. The van der Waals surface area contributed by atoms with Crippen molar-refractivity contribution in [2.24, 2.45) is 0 Å². The first-order chi connectivity index (χ1) is 10.2. The quantitative estimate of drug-likeness (QED) is 0.891. The van der Waals surface area contributed by atoms with Crippen LogP contribution in [0.3, 0.4) is 0 Å². The van der Waals surface area contributed by atoms with Crippen molar-refractivity contribution in [2.75, 3.05) is 25.0 Å². The number of carbonyl (C=O) groups is 1. The molecule has 0 aliphatic carbocycles. The summed E-state index contributed by atoms with van der Waals surface area (Å²) in [6, 6.07) is 0.301. The topological polar surface area (TPSA) is 61.7 Å². The van der Waals surface area contributed by atoms with Crippen LogP contribution in [0.25, 0.3) is 4.96 Å². The fraction of sp³-hybridized carbons (Fsp3) is 0.571. The number of nitrogens with one attached hydrogen (secondary N) is 2. The number of hydrogen-bond donors (Lipinski definition) is 2. The molecule has 3 heterocycles. The van der Waals surface area contributed by atoms with Gasteiger partial charge in [-0.05, 0) is 19.9 Å². The highest BCUT2D eigenvalue weighted by molar-refractivity contribution is 7.15. The SMILES string of the molecule is CNCc1c(N2CCC(NC(C)=O)CC2)nc2sccn12. The summed E-state index contributed by atoms with van der Waals surface area (Å²) in [5, 5.41) is 8.30. The van der Waals surface area contributed by atoms with Gasteiger partial charge >= 0.3 is 0 Å². The number of anilines is 1. The van der Waals surface area contributed by atoms with Gasteiger partial charge in [0.05, 0.1) is 5.69 Å². The second-order valence-electron chi connectivity index (χ2n) is 5.43. The molecular formula is C14H21N5OS. The highest BCUT2D eigenvalue weighted by Gasteiger charge is 2.24. The molecule has 6 nitrogen and oxygen atoms in total. The summed E-state index contributed by atoms with van der Waals surface area (Å²) in [5.41, 5.74) is 1.21. The van der Waals surface area contributed by atoms with Crippen molar-refractivity contribution in [3.8, 4) is 0 Å². The van der Waals surface area contributed by atoms with Gasteiger partial charge in [0.2, 0.25) is 5.91 Å². The maximum Gasteiger partial charge on any atom is 0.217 e. The Morgan fingerprint density at radius 1 is 1.48 bits per heavy atom. The van der Waals surface area contributed by atoms with E-state index in [1.165, 1.54) is 5.69 Å². The molecule has 114 valence electrons. The maximum atomic E-state index is 11.1. The largest absolute Gasteiger partial charge is 0.355 e. The number of carbonyl (C=O) groups excluding carboxylic acids is 1. The Hall–Kier alpha value is -1.60. The molecule has 0 aromatic carbocycles. The van der Waals surface area contributed by atoms with Crippen molar-refractivity contribution < 1.29 is 4.79 Å². The molecule has 0 bridgehead atoms. The summed E-state index contributed by atoms with van der Waals surface area (Å²) < 4.78 is 2.16. The van der Waals surface area contributed by atoms with E-state index in [0.29, 0.717) is 6.04 Å². The molecule has 1 aliphatic heterocycles. The van der Waals surface area contributed by atoms with Crippen LogP contribution in [0.5, 0.6) is 0 Å². The zero-order valence-electron chi connectivity index (χ0n) is 12.4. The van der Waals surface area contributed by atoms with Gasteiger partial charge in [0.15, 0.2) is 10.8 Å². The summed E-state index contributed by atoms with van der Waals surface area (Å²) in [5.74, 6) is 1.14. The fourth-order valence-corrected chi connectivity index (χ4v) is 3.66. The number of thiazole rings is 1. The van der Waals surface area contributed by atoms with E-state index in [0.717, 1.165) is 43.3 Å². The highest BCUT2D eigenvalue weighted by Crippen LogP contribution is 2.27. The molecule has 7 heteroatoms.